The zero-order valence-electron chi connectivity index (χ0n) is 10.9. The maximum atomic E-state index is 13.7. The van der Waals surface area contributed by atoms with Crippen LogP contribution in [0.25, 0.3) is 0 Å². The third-order valence-electron chi connectivity index (χ3n) is 3.25. The monoisotopic (exact) mass is 282 g/mol. The van der Waals surface area contributed by atoms with E-state index in [9.17, 15) is 19.3 Å². The lowest BCUT2D eigenvalue weighted by Crippen LogP contribution is -2.57. The van der Waals surface area contributed by atoms with Crippen LogP contribution in [0, 0.1) is 15.9 Å². The Labute approximate surface area is 114 Å². The first-order valence-corrected chi connectivity index (χ1v) is 6.18. The molecule has 2 N–H and O–H groups in total. The van der Waals surface area contributed by atoms with Crippen molar-refractivity contribution in [2.24, 2.45) is 0 Å². The van der Waals surface area contributed by atoms with Crippen molar-refractivity contribution in [1.82, 2.24) is 10.6 Å². The highest BCUT2D eigenvalue weighted by Crippen LogP contribution is 2.32. The summed E-state index contributed by atoms with van der Waals surface area (Å²) < 4.78 is 13.7. The second kappa shape index (κ2) is 5.83. The molecule has 0 radical (unpaired) electrons. The Bertz CT molecular complexity index is 537. The molecular weight excluding hydrogens is 267 g/mol. The van der Waals surface area contributed by atoms with Crippen molar-refractivity contribution in [2.45, 2.75) is 6.04 Å². The second-order valence-corrected chi connectivity index (χ2v) is 4.39. The Hall–Kier alpha value is -2.22. The summed E-state index contributed by atoms with van der Waals surface area (Å²) >= 11 is 0. The van der Waals surface area contributed by atoms with E-state index in [1.807, 2.05) is 0 Å². The molecule has 1 aliphatic heterocycles. The van der Waals surface area contributed by atoms with Gasteiger partial charge in [-0.25, -0.2) is 0 Å². The largest absolute Gasteiger partial charge is 0.357 e. The summed E-state index contributed by atoms with van der Waals surface area (Å²) in [7, 11) is 1.50. The molecular formula is C12H15FN4O3. The summed E-state index contributed by atoms with van der Waals surface area (Å²) in [5, 5.41) is 16.6. The topological polar surface area (TPSA) is 87.5 Å². The smallest absolute Gasteiger partial charge is 0.327 e. The molecule has 1 atom stereocenters. The van der Waals surface area contributed by atoms with Crippen molar-refractivity contribution in [1.29, 1.82) is 0 Å². The third-order valence-corrected chi connectivity index (χ3v) is 3.25. The van der Waals surface area contributed by atoms with Crippen molar-refractivity contribution in [3.63, 3.8) is 0 Å². The number of piperazine rings is 1. The molecule has 1 saturated heterocycles. The van der Waals surface area contributed by atoms with Gasteiger partial charge in [-0.05, 0) is 12.1 Å². The molecule has 0 aliphatic carbocycles. The number of carbonyl (C=O) groups excluding carboxylic acids is 1. The number of halogens is 1. The molecule has 7 nitrogen and oxygen atoms in total. The van der Waals surface area contributed by atoms with E-state index >= 15 is 0 Å². The van der Waals surface area contributed by atoms with Crippen LogP contribution in [0.5, 0.6) is 0 Å². The van der Waals surface area contributed by atoms with Crippen molar-refractivity contribution >= 4 is 17.3 Å². The van der Waals surface area contributed by atoms with Crippen molar-refractivity contribution in [3.8, 4) is 0 Å². The molecule has 8 heteroatoms. The number of anilines is 1. The summed E-state index contributed by atoms with van der Waals surface area (Å²) in [4.78, 5) is 23.7. The predicted molar refractivity (Wildman–Crippen MR) is 71.1 cm³/mol. The fourth-order valence-corrected chi connectivity index (χ4v) is 2.31. The lowest BCUT2D eigenvalue weighted by Gasteiger charge is -2.36. The van der Waals surface area contributed by atoms with Gasteiger partial charge in [-0.3, -0.25) is 14.9 Å². The fourth-order valence-electron chi connectivity index (χ4n) is 2.31. The molecule has 1 heterocycles. The lowest BCUT2D eigenvalue weighted by molar-refractivity contribution is -0.386. The number of rotatable bonds is 3. The molecule has 1 aromatic rings. The van der Waals surface area contributed by atoms with Gasteiger partial charge in [-0.1, -0.05) is 6.07 Å². The van der Waals surface area contributed by atoms with Crippen LogP contribution < -0.4 is 15.5 Å². The maximum Gasteiger partial charge on any atom is 0.327 e. The number of nitrogens with zero attached hydrogens (tertiary/aromatic N) is 2. The molecule has 108 valence electrons. The van der Waals surface area contributed by atoms with E-state index in [4.69, 9.17) is 0 Å². The van der Waals surface area contributed by atoms with Gasteiger partial charge in [0.05, 0.1) is 4.92 Å². The van der Waals surface area contributed by atoms with Gasteiger partial charge in [0.25, 0.3) is 0 Å². The Kier molecular flexibility index (Phi) is 4.14. The van der Waals surface area contributed by atoms with Crippen LogP contribution in [-0.4, -0.2) is 43.6 Å². The quantitative estimate of drug-likeness (QED) is 0.613. The normalized spacial score (nSPS) is 18.7. The number of para-hydroxylation sites is 1. The summed E-state index contributed by atoms with van der Waals surface area (Å²) in [6, 6.07) is 3.30. The van der Waals surface area contributed by atoms with Crippen LogP contribution in [0.2, 0.25) is 0 Å². The molecule has 1 amide bonds. The first-order chi connectivity index (χ1) is 9.56. The number of carbonyl (C=O) groups is 1. The minimum Gasteiger partial charge on any atom is -0.357 e. The van der Waals surface area contributed by atoms with Gasteiger partial charge in [-0.2, -0.15) is 4.39 Å². The van der Waals surface area contributed by atoms with Crippen LogP contribution in [0.3, 0.4) is 0 Å². The number of amides is 1. The van der Waals surface area contributed by atoms with E-state index in [1.54, 1.807) is 4.90 Å². The van der Waals surface area contributed by atoms with E-state index in [-0.39, 0.29) is 11.6 Å². The van der Waals surface area contributed by atoms with Gasteiger partial charge < -0.3 is 15.5 Å². The van der Waals surface area contributed by atoms with Gasteiger partial charge in [0.15, 0.2) is 0 Å². The van der Waals surface area contributed by atoms with Crippen LogP contribution in [-0.2, 0) is 4.79 Å². The molecule has 2 rings (SSSR count). The number of nitro benzene ring substituents is 1. The van der Waals surface area contributed by atoms with E-state index in [1.165, 1.54) is 19.2 Å². The van der Waals surface area contributed by atoms with Crippen molar-refractivity contribution < 1.29 is 14.1 Å². The molecule has 0 bridgehead atoms. The first kappa shape index (κ1) is 14.2. The molecule has 0 saturated carbocycles. The number of likely N-dealkylation sites (N-methyl/N-ethyl adjacent to an activating group) is 1. The number of nitro groups is 1. The molecule has 0 aromatic heterocycles. The van der Waals surface area contributed by atoms with E-state index in [2.05, 4.69) is 10.6 Å². The van der Waals surface area contributed by atoms with E-state index in [0.717, 1.165) is 6.07 Å². The Morgan fingerprint density at radius 1 is 1.60 bits per heavy atom. The van der Waals surface area contributed by atoms with Crippen LogP contribution in [0.1, 0.15) is 0 Å². The zero-order chi connectivity index (χ0) is 14.7. The Balaban J connectivity index is 2.45. The van der Waals surface area contributed by atoms with Crippen LogP contribution >= 0.6 is 0 Å². The van der Waals surface area contributed by atoms with Gasteiger partial charge in [-0.15, -0.1) is 0 Å². The highest BCUT2D eigenvalue weighted by molar-refractivity contribution is 5.86. The fraction of sp³-hybridized carbons (Fsp3) is 0.417. The molecule has 0 spiro atoms. The lowest BCUT2D eigenvalue weighted by atomic mass is 10.1. The molecule has 1 unspecified atom stereocenters. The zero-order valence-corrected chi connectivity index (χ0v) is 10.9. The molecule has 1 fully saturated rings. The summed E-state index contributed by atoms with van der Waals surface area (Å²) in [5.74, 6) is -1.17. The maximum absolute atomic E-state index is 13.7. The molecule has 1 aliphatic rings. The molecule has 1 aromatic carbocycles. The summed E-state index contributed by atoms with van der Waals surface area (Å²) in [6.45, 7) is 1.32. The van der Waals surface area contributed by atoms with E-state index in [0.29, 0.717) is 19.6 Å². The summed E-state index contributed by atoms with van der Waals surface area (Å²) in [5.41, 5.74) is -0.464. The highest BCUT2D eigenvalue weighted by Gasteiger charge is 2.33. The van der Waals surface area contributed by atoms with Crippen LogP contribution in [0.15, 0.2) is 18.2 Å². The average molecular weight is 282 g/mol. The number of nitrogens with one attached hydrogen (secondary N) is 2. The van der Waals surface area contributed by atoms with Crippen molar-refractivity contribution in [2.75, 3.05) is 31.6 Å². The third kappa shape index (κ3) is 2.55. The summed E-state index contributed by atoms with van der Waals surface area (Å²) in [6.07, 6.45) is 0. The highest BCUT2D eigenvalue weighted by atomic mass is 19.1. The SMILES string of the molecule is CNC(=O)C1CNCCN1c1cccc(F)c1[N+](=O)[O-]. The first-order valence-electron chi connectivity index (χ1n) is 6.18. The van der Waals surface area contributed by atoms with Gasteiger partial charge >= 0.3 is 5.69 Å². The standard InChI is InChI=1S/C12H15FN4O3/c1-14-12(18)10-7-15-5-6-16(10)9-4-2-3-8(13)11(9)17(19)20/h2-4,10,15H,5-7H2,1H3,(H,14,18). The number of benzene rings is 1. The minimum absolute atomic E-state index is 0.130. The van der Waals surface area contributed by atoms with Crippen molar-refractivity contribution in [3.05, 3.63) is 34.1 Å². The second-order valence-electron chi connectivity index (χ2n) is 4.39. The van der Waals surface area contributed by atoms with Gasteiger partial charge in [0.1, 0.15) is 11.7 Å². The Morgan fingerprint density at radius 3 is 3.00 bits per heavy atom. The Morgan fingerprint density at radius 2 is 2.35 bits per heavy atom. The van der Waals surface area contributed by atoms with E-state index < -0.39 is 22.5 Å². The number of hydrogen-bond acceptors (Lipinski definition) is 5. The number of hydrogen-bond donors (Lipinski definition) is 2. The van der Waals surface area contributed by atoms with Gasteiger partial charge in [0.2, 0.25) is 11.7 Å². The minimum atomic E-state index is -0.901. The molecule has 20 heavy (non-hydrogen) atoms. The van der Waals surface area contributed by atoms with Gasteiger partial charge in [0, 0.05) is 26.7 Å². The van der Waals surface area contributed by atoms with Crippen LogP contribution in [0.4, 0.5) is 15.8 Å². The predicted octanol–water partition coefficient (Wildman–Crippen LogP) is 0.258. The average Bonchev–Trinajstić information content (AvgIpc) is 2.45.